The van der Waals surface area contributed by atoms with Crippen LogP contribution in [0.15, 0.2) is 0 Å². The topological polar surface area (TPSA) is 41.0 Å². The first kappa shape index (κ1) is 13.4. The van der Waals surface area contributed by atoms with Crippen LogP contribution in [0.2, 0.25) is 0 Å². The van der Waals surface area contributed by atoms with Gasteiger partial charge in [-0.25, -0.2) is 4.98 Å². The van der Waals surface area contributed by atoms with E-state index in [1.807, 2.05) is 0 Å². The summed E-state index contributed by atoms with van der Waals surface area (Å²) < 4.78 is 4.36. The summed E-state index contributed by atoms with van der Waals surface area (Å²) in [6.45, 7) is 8.44. The average molecular weight is 242 g/mol. The van der Waals surface area contributed by atoms with Gasteiger partial charge in [0.15, 0.2) is 0 Å². The van der Waals surface area contributed by atoms with E-state index in [1.54, 1.807) is 0 Å². The summed E-state index contributed by atoms with van der Waals surface area (Å²) in [5.41, 5.74) is 0.0417. The standard InChI is InChI=1S/C11H22N4S/c1-11(2,3)9-13-10(16-14-9)12-7-6-8-15(4)5/h6-8H2,1-5H3,(H,12,13,14). The monoisotopic (exact) mass is 242 g/mol. The van der Waals surface area contributed by atoms with Crippen molar-refractivity contribution < 1.29 is 0 Å². The van der Waals surface area contributed by atoms with Gasteiger partial charge >= 0.3 is 0 Å². The third-order valence-electron chi connectivity index (χ3n) is 2.16. The molecule has 1 rings (SSSR count). The maximum atomic E-state index is 4.48. The lowest BCUT2D eigenvalue weighted by atomic mass is 9.96. The molecule has 4 nitrogen and oxygen atoms in total. The Bertz CT molecular complexity index is 314. The Labute approximate surface area is 102 Å². The van der Waals surface area contributed by atoms with E-state index in [2.05, 4.69) is 54.4 Å². The number of rotatable bonds is 5. The molecule has 92 valence electrons. The van der Waals surface area contributed by atoms with Crippen molar-refractivity contribution in [1.29, 1.82) is 0 Å². The third kappa shape index (κ3) is 4.45. The van der Waals surface area contributed by atoms with Crippen LogP contribution in [0.1, 0.15) is 33.0 Å². The largest absolute Gasteiger partial charge is 0.360 e. The van der Waals surface area contributed by atoms with Crippen molar-refractivity contribution in [1.82, 2.24) is 14.3 Å². The molecule has 16 heavy (non-hydrogen) atoms. The number of nitrogens with zero attached hydrogens (tertiary/aromatic N) is 3. The van der Waals surface area contributed by atoms with Crippen LogP contribution in [0.3, 0.4) is 0 Å². The van der Waals surface area contributed by atoms with Crippen molar-refractivity contribution in [3.05, 3.63) is 5.82 Å². The van der Waals surface area contributed by atoms with Crippen LogP contribution in [-0.4, -0.2) is 41.4 Å². The van der Waals surface area contributed by atoms with Crippen LogP contribution in [0, 0.1) is 0 Å². The molecule has 0 fully saturated rings. The fourth-order valence-corrected chi connectivity index (χ4v) is 1.97. The summed E-state index contributed by atoms with van der Waals surface area (Å²) >= 11 is 1.45. The van der Waals surface area contributed by atoms with Gasteiger partial charge < -0.3 is 10.2 Å². The molecule has 1 N–H and O–H groups in total. The summed E-state index contributed by atoms with van der Waals surface area (Å²) in [5, 5.41) is 4.24. The summed E-state index contributed by atoms with van der Waals surface area (Å²) in [6, 6.07) is 0. The lowest BCUT2D eigenvalue weighted by molar-refractivity contribution is 0.405. The molecule has 1 heterocycles. The Morgan fingerprint density at radius 3 is 2.50 bits per heavy atom. The van der Waals surface area contributed by atoms with Gasteiger partial charge in [-0.2, -0.15) is 4.37 Å². The molecule has 1 aromatic heterocycles. The summed E-state index contributed by atoms with van der Waals surface area (Å²) in [4.78, 5) is 6.66. The fourth-order valence-electron chi connectivity index (χ4n) is 1.19. The summed E-state index contributed by atoms with van der Waals surface area (Å²) in [5.74, 6) is 0.924. The number of aromatic nitrogens is 2. The van der Waals surface area contributed by atoms with Crippen molar-refractivity contribution in [2.24, 2.45) is 0 Å². The predicted molar refractivity (Wildman–Crippen MR) is 70.3 cm³/mol. The van der Waals surface area contributed by atoms with Crippen LogP contribution in [0.5, 0.6) is 0 Å². The number of anilines is 1. The molecule has 0 aromatic carbocycles. The van der Waals surface area contributed by atoms with Crippen molar-refractivity contribution >= 4 is 16.7 Å². The van der Waals surface area contributed by atoms with Crippen molar-refractivity contribution in [3.8, 4) is 0 Å². The second kappa shape index (κ2) is 5.59. The molecule has 0 aliphatic carbocycles. The minimum Gasteiger partial charge on any atom is -0.360 e. The normalized spacial score (nSPS) is 12.1. The number of hydrogen-bond acceptors (Lipinski definition) is 5. The van der Waals surface area contributed by atoms with Crippen LogP contribution in [0.4, 0.5) is 5.13 Å². The zero-order chi connectivity index (χ0) is 12.2. The van der Waals surface area contributed by atoms with Gasteiger partial charge in [-0.3, -0.25) is 0 Å². The van der Waals surface area contributed by atoms with E-state index in [9.17, 15) is 0 Å². The molecule has 0 saturated carbocycles. The Balaban J connectivity index is 2.36. The summed E-state index contributed by atoms with van der Waals surface area (Å²) in [6.07, 6.45) is 1.12. The van der Waals surface area contributed by atoms with Crippen LogP contribution < -0.4 is 5.32 Å². The van der Waals surface area contributed by atoms with Crippen molar-refractivity contribution in [3.63, 3.8) is 0 Å². The third-order valence-corrected chi connectivity index (χ3v) is 2.83. The first-order valence-electron chi connectivity index (χ1n) is 5.62. The zero-order valence-corrected chi connectivity index (χ0v) is 11.7. The molecular weight excluding hydrogens is 220 g/mol. The summed E-state index contributed by atoms with van der Waals surface area (Å²) in [7, 11) is 4.17. The Hall–Kier alpha value is -0.680. The highest BCUT2D eigenvalue weighted by Crippen LogP contribution is 2.22. The maximum Gasteiger partial charge on any atom is 0.202 e. The smallest absolute Gasteiger partial charge is 0.202 e. The molecular formula is C11H22N4S. The van der Waals surface area contributed by atoms with Gasteiger partial charge in [0, 0.05) is 23.5 Å². The highest BCUT2D eigenvalue weighted by molar-refractivity contribution is 7.09. The van der Waals surface area contributed by atoms with Gasteiger partial charge in [-0.05, 0) is 27.1 Å². The fraction of sp³-hybridized carbons (Fsp3) is 0.818. The molecule has 0 atom stereocenters. The highest BCUT2D eigenvalue weighted by atomic mass is 32.1. The number of hydrogen-bond donors (Lipinski definition) is 1. The van der Waals surface area contributed by atoms with Crippen LogP contribution in [-0.2, 0) is 5.41 Å². The van der Waals surface area contributed by atoms with E-state index in [4.69, 9.17) is 0 Å². The molecule has 0 unspecified atom stereocenters. The first-order valence-corrected chi connectivity index (χ1v) is 6.40. The Kier molecular flexibility index (Phi) is 4.68. The molecule has 0 spiro atoms. The number of nitrogens with one attached hydrogen (secondary N) is 1. The molecule has 5 heteroatoms. The first-order chi connectivity index (χ1) is 7.39. The van der Waals surface area contributed by atoms with E-state index in [0.29, 0.717) is 0 Å². The van der Waals surface area contributed by atoms with E-state index in [0.717, 1.165) is 30.5 Å². The van der Waals surface area contributed by atoms with E-state index in [1.165, 1.54) is 11.5 Å². The lowest BCUT2D eigenvalue weighted by Crippen LogP contribution is -2.16. The molecule has 0 bridgehead atoms. The minimum absolute atomic E-state index is 0.0417. The van der Waals surface area contributed by atoms with Gasteiger partial charge in [0.1, 0.15) is 5.82 Å². The van der Waals surface area contributed by atoms with Crippen molar-refractivity contribution in [2.45, 2.75) is 32.6 Å². The predicted octanol–water partition coefficient (Wildman–Crippen LogP) is 2.20. The van der Waals surface area contributed by atoms with E-state index >= 15 is 0 Å². The lowest BCUT2D eigenvalue weighted by Gasteiger charge is -2.12. The molecule has 0 aliphatic rings. The second-order valence-corrected chi connectivity index (χ2v) is 6.01. The van der Waals surface area contributed by atoms with Crippen LogP contribution >= 0.6 is 11.5 Å². The van der Waals surface area contributed by atoms with Crippen molar-refractivity contribution in [2.75, 3.05) is 32.5 Å². The maximum absolute atomic E-state index is 4.48. The molecule has 0 radical (unpaired) electrons. The molecule has 0 amide bonds. The average Bonchev–Trinajstić information content (AvgIpc) is 2.59. The quantitative estimate of drug-likeness (QED) is 0.804. The van der Waals surface area contributed by atoms with Crippen LogP contribution in [0.25, 0.3) is 0 Å². The molecule has 0 aliphatic heterocycles. The SMILES string of the molecule is CN(C)CCCNc1nc(C(C)(C)C)ns1. The molecule has 0 saturated heterocycles. The zero-order valence-electron chi connectivity index (χ0n) is 10.9. The van der Waals surface area contributed by atoms with Gasteiger partial charge in [-0.15, -0.1) is 0 Å². The Morgan fingerprint density at radius 2 is 2.00 bits per heavy atom. The van der Waals surface area contributed by atoms with Gasteiger partial charge in [0.2, 0.25) is 5.13 Å². The Morgan fingerprint density at radius 1 is 1.31 bits per heavy atom. The minimum atomic E-state index is 0.0417. The van der Waals surface area contributed by atoms with E-state index in [-0.39, 0.29) is 5.41 Å². The van der Waals surface area contributed by atoms with E-state index < -0.39 is 0 Å². The second-order valence-electron chi connectivity index (χ2n) is 5.26. The molecule has 1 aromatic rings. The van der Waals surface area contributed by atoms with Gasteiger partial charge in [-0.1, -0.05) is 20.8 Å². The highest BCUT2D eigenvalue weighted by Gasteiger charge is 2.19. The van der Waals surface area contributed by atoms with Gasteiger partial charge in [0.05, 0.1) is 0 Å². The van der Waals surface area contributed by atoms with Gasteiger partial charge in [0.25, 0.3) is 0 Å².